The molecular formula is C15H22F2N2O2. The highest BCUT2D eigenvalue weighted by Gasteiger charge is 2.23. The molecule has 4 nitrogen and oxygen atoms in total. The first-order valence-corrected chi connectivity index (χ1v) is 6.80. The number of nitrogens with two attached hydrogens (primary N) is 1. The van der Waals surface area contributed by atoms with Crippen molar-refractivity contribution in [2.24, 2.45) is 5.73 Å². The smallest absolute Gasteiger partial charge is 0.261 e. The normalized spacial score (nSPS) is 12.9. The van der Waals surface area contributed by atoms with E-state index < -0.39 is 34.9 Å². The lowest BCUT2D eigenvalue weighted by molar-refractivity contribution is -0.128. The molecule has 1 amide bonds. The number of rotatable bonds is 5. The number of nitrogens with one attached hydrogen (secondary N) is 1. The Labute approximate surface area is 123 Å². The van der Waals surface area contributed by atoms with E-state index in [9.17, 15) is 13.6 Å². The molecule has 118 valence electrons. The Hall–Kier alpha value is -1.69. The van der Waals surface area contributed by atoms with Crippen molar-refractivity contribution in [2.75, 3.05) is 6.54 Å². The molecule has 1 aromatic carbocycles. The van der Waals surface area contributed by atoms with Crippen LogP contribution in [0.5, 0.6) is 5.75 Å². The lowest BCUT2D eigenvalue weighted by atomic mass is 10.1. The fraction of sp³-hybridized carbons (Fsp3) is 0.533. The maximum Gasteiger partial charge on any atom is 0.261 e. The molecule has 1 unspecified atom stereocenters. The van der Waals surface area contributed by atoms with Gasteiger partial charge in [-0.15, -0.1) is 0 Å². The Bertz CT molecular complexity index is 490. The molecule has 1 aromatic rings. The van der Waals surface area contributed by atoms with Gasteiger partial charge in [-0.1, -0.05) is 0 Å². The van der Waals surface area contributed by atoms with Crippen molar-refractivity contribution >= 4 is 5.91 Å². The van der Waals surface area contributed by atoms with E-state index in [1.807, 2.05) is 0 Å². The summed E-state index contributed by atoms with van der Waals surface area (Å²) in [6, 6.07) is 2.33. The Morgan fingerprint density at radius 2 is 1.86 bits per heavy atom. The first-order valence-electron chi connectivity index (χ1n) is 6.80. The highest BCUT2D eigenvalue weighted by molar-refractivity contribution is 5.81. The number of hydrogen-bond acceptors (Lipinski definition) is 3. The van der Waals surface area contributed by atoms with Crippen molar-refractivity contribution in [3.8, 4) is 5.75 Å². The Balaban J connectivity index is 2.85. The van der Waals surface area contributed by atoms with Crippen LogP contribution in [0.1, 0.15) is 33.3 Å². The van der Waals surface area contributed by atoms with Gasteiger partial charge in [-0.25, -0.2) is 8.78 Å². The third-order valence-electron chi connectivity index (χ3n) is 2.65. The largest absolute Gasteiger partial charge is 0.475 e. The number of amides is 1. The number of benzene rings is 1. The van der Waals surface area contributed by atoms with Crippen LogP contribution in [-0.2, 0) is 11.2 Å². The summed E-state index contributed by atoms with van der Waals surface area (Å²) in [5.41, 5.74) is 5.35. The Morgan fingerprint density at radius 1 is 1.33 bits per heavy atom. The minimum absolute atomic E-state index is 0.295. The molecule has 0 fully saturated rings. The minimum atomic E-state index is -1.01. The summed E-state index contributed by atoms with van der Waals surface area (Å²) in [4.78, 5) is 11.9. The standard InChI is InChI=1S/C15H22F2N2O2/c1-9(14(20)19-15(2,3)4)21-13-11(16)7-10(5-6-18)8-12(13)17/h7-9H,5-6,18H2,1-4H3,(H,19,20). The summed E-state index contributed by atoms with van der Waals surface area (Å²) in [5.74, 6) is -2.66. The third kappa shape index (κ3) is 5.30. The van der Waals surface area contributed by atoms with Gasteiger partial charge < -0.3 is 15.8 Å². The zero-order valence-corrected chi connectivity index (χ0v) is 12.8. The van der Waals surface area contributed by atoms with Crippen LogP contribution in [0.3, 0.4) is 0 Å². The summed E-state index contributed by atoms with van der Waals surface area (Å²) in [7, 11) is 0. The summed E-state index contributed by atoms with van der Waals surface area (Å²) < 4.78 is 32.8. The van der Waals surface area contributed by atoms with Crippen molar-refractivity contribution in [2.45, 2.75) is 45.8 Å². The molecule has 0 saturated heterocycles. The van der Waals surface area contributed by atoms with Crippen LogP contribution in [0.15, 0.2) is 12.1 Å². The predicted molar refractivity (Wildman–Crippen MR) is 77.1 cm³/mol. The highest BCUT2D eigenvalue weighted by Crippen LogP contribution is 2.24. The van der Waals surface area contributed by atoms with Gasteiger partial charge in [-0.05, 0) is 58.4 Å². The molecule has 1 rings (SSSR count). The number of hydrogen-bond donors (Lipinski definition) is 2. The third-order valence-corrected chi connectivity index (χ3v) is 2.65. The van der Waals surface area contributed by atoms with Crippen LogP contribution < -0.4 is 15.8 Å². The fourth-order valence-corrected chi connectivity index (χ4v) is 1.74. The van der Waals surface area contributed by atoms with Gasteiger partial charge in [0.05, 0.1) is 0 Å². The molecule has 0 heterocycles. The molecule has 3 N–H and O–H groups in total. The Morgan fingerprint density at radius 3 is 2.29 bits per heavy atom. The fourth-order valence-electron chi connectivity index (χ4n) is 1.74. The second-order valence-electron chi connectivity index (χ2n) is 5.93. The van der Waals surface area contributed by atoms with Crippen molar-refractivity contribution < 1.29 is 18.3 Å². The SMILES string of the molecule is CC(Oc1c(F)cc(CCN)cc1F)C(=O)NC(C)(C)C. The van der Waals surface area contributed by atoms with Gasteiger partial charge in [0.15, 0.2) is 23.5 Å². The van der Waals surface area contributed by atoms with E-state index >= 15 is 0 Å². The van der Waals surface area contributed by atoms with Crippen LogP contribution in [-0.4, -0.2) is 24.1 Å². The van der Waals surface area contributed by atoms with Crippen LogP contribution >= 0.6 is 0 Å². The van der Waals surface area contributed by atoms with Gasteiger partial charge in [-0.3, -0.25) is 4.79 Å². The van der Waals surface area contributed by atoms with Crippen LogP contribution in [0.25, 0.3) is 0 Å². The average molecular weight is 300 g/mol. The number of halogens is 2. The first-order chi connectivity index (χ1) is 9.64. The van der Waals surface area contributed by atoms with Gasteiger partial charge in [0.25, 0.3) is 5.91 Å². The second-order valence-corrected chi connectivity index (χ2v) is 5.93. The van der Waals surface area contributed by atoms with Crippen LogP contribution in [0.2, 0.25) is 0 Å². The Kier molecular flexibility index (Phi) is 5.66. The number of ether oxygens (including phenoxy) is 1. The minimum Gasteiger partial charge on any atom is -0.475 e. The van der Waals surface area contributed by atoms with E-state index in [0.29, 0.717) is 18.5 Å². The highest BCUT2D eigenvalue weighted by atomic mass is 19.1. The monoisotopic (exact) mass is 300 g/mol. The summed E-state index contributed by atoms with van der Waals surface area (Å²) in [6.07, 6.45) is -0.637. The molecular weight excluding hydrogens is 278 g/mol. The van der Waals surface area contributed by atoms with Gasteiger partial charge >= 0.3 is 0 Å². The predicted octanol–water partition coefficient (Wildman–Crippen LogP) is 2.15. The molecule has 6 heteroatoms. The molecule has 0 aliphatic heterocycles. The lowest BCUT2D eigenvalue weighted by Gasteiger charge is -2.24. The zero-order valence-electron chi connectivity index (χ0n) is 12.8. The van der Waals surface area contributed by atoms with Crippen molar-refractivity contribution in [1.29, 1.82) is 0 Å². The summed E-state index contributed by atoms with van der Waals surface area (Å²) in [6.45, 7) is 7.15. The van der Waals surface area contributed by atoms with Crippen LogP contribution in [0, 0.1) is 11.6 Å². The molecule has 0 saturated carbocycles. The van der Waals surface area contributed by atoms with Crippen molar-refractivity contribution in [3.63, 3.8) is 0 Å². The van der Waals surface area contributed by atoms with E-state index in [1.165, 1.54) is 19.1 Å². The number of carbonyl (C=O) groups excluding carboxylic acids is 1. The molecule has 0 aliphatic rings. The summed E-state index contributed by atoms with van der Waals surface area (Å²) >= 11 is 0. The van der Waals surface area contributed by atoms with Gasteiger partial charge in [0.2, 0.25) is 0 Å². The van der Waals surface area contributed by atoms with Crippen LogP contribution in [0.4, 0.5) is 8.78 Å². The average Bonchev–Trinajstić information content (AvgIpc) is 2.31. The van der Waals surface area contributed by atoms with E-state index in [4.69, 9.17) is 10.5 Å². The maximum absolute atomic E-state index is 13.9. The van der Waals surface area contributed by atoms with Crippen molar-refractivity contribution in [3.05, 3.63) is 29.3 Å². The number of carbonyl (C=O) groups is 1. The summed E-state index contributed by atoms with van der Waals surface area (Å²) in [5, 5.41) is 2.68. The quantitative estimate of drug-likeness (QED) is 0.875. The second kappa shape index (κ2) is 6.85. The molecule has 21 heavy (non-hydrogen) atoms. The van der Waals surface area contributed by atoms with Crippen molar-refractivity contribution in [1.82, 2.24) is 5.32 Å². The molecule has 1 atom stereocenters. The lowest BCUT2D eigenvalue weighted by Crippen LogP contribution is -2.46. The molecule has 0 aliphatic carbocycles. The van der Waals surface area contributed by atoms with E-state index in [-0.39, 0.29) is 0 Å². The zero-order chi connectivity index (χ0) is 16.2. The molecule has 0 aromatic heterocycles. The van der Waals surface area contributed by atoms with E-state index in [0.717, 1.165) is 0 Å². The van der Waals surface area contributed by atoms with Gasteiger partial charge in [-0.2, -0.15) is 0 Å². The molecule has 0 radical (unpaired) electrons. The van der Waals surface area contributed by atoms with Gasteiger partial charge in [0, 0.05) is 5.54 Å². The molecule has 0 spiro atoms. The van der Waals surface area contributed by atoms with E-state index in [1.54, 1.807) is 20.8 Å². The van der Waals surface area contributed by atoms with Gasteiger partial charge in [0.1, 0.15) is 0 Å². The maximum atomic E-state index is 13.9. The topological polar surface area (TPSA) is 64.3 Å². The van der Waals surface area contributed by atoms with E-state index in [2.05, 4.69) is 5.32 Å². The molecule has 0 bridgehead atoms. The first kappa shape index (κ1) is 17.4.